The van der Waals surface area contributed by atoms with Gasteiger partial charge in [-0.15, -0.1) is 9.24 Å². The van der Waals surface area contributed by atoms with Crippen molar-refractivity contribution in [1.29, 1.82) is 0 Å². The molecule has 1 heterocycles. The third-order valence-electron chi connectivity index (χ3n) is 9.35. The molecule has 0 aliphatic rings. The number of carbonyl (C=O) groups excluding carboxylic acids is 3. The Bertz CT molecular complexity index is 2520. The second-order valence-corrected chi connectivity index (χ2v) is 20.2. The number of ether oxygens (including phenoxy) is 3. The number of amidine groups is 1. The molecule has 8 N–H and O–H groups in total. The third-order valence-corrected chi connectivity index (χ3v) is 12.1. The van der Waals surface area contributed by atoms with Crippen molar-refractivity contribution in [1.82, 2.24) is 15.2 Å². The number of ketones is 2. The lowest BCUT2D eigenvalue weighted by Crippen LogP contribution is -2.38. The number of aliphatic imine (C=N–C) groups is 1. The second kappa shape index (κ2) is 34.7. The van der Waals surface area contributed by atoms with Gasteiger partial charge in [0.25, 0.3) is 5.97 Å². The number of hydrogen-bond donors (Lipinski definition) is 6. The number of Topliss-reactive ketones (excluding diaryl/α,β-unsaturated/α-hetero) is 1. The third kappa shape index (κ3) is 26.2. The van der Waals surface area contributed by atoms with Crippen molar-refractivity contribution in [2.45, 2.75) is 73.8 Å². The number of hydrogen-bond acceptors (Lipinski definition) is 14. The fourth-order valence-electron chi connectivity index (χ4n) is 5.81. The number of thiazole rings is 1. The number of carbonyl (C=O) groups is 4. The number of likely N-dealkylation sites (N-methyl/N-ethyl adjacent to an activating group) is 2. The molecule has 16 nitrogen and oxygen atoms in total. The zero-order chi connectivity index (χ0) is 54.3. The van der Waals surface area contributed by atoms with Crippen LogP contribution in [-0.2, 0) is 22.4 Å². The van der Waals surface area contributed by atoms with Crippen LogP contribution in [-0.4, -0.2) is 105 Å². The summed E-state index contributed by atoms with van der Waals surface area (Å²) >= 11 is 11.0. The van der Waals surface area contributed by atoms with Crippen LogP contribution in [0, 0.1) is 0 Å². The summed E-state index contributed by atoms with van der Waals surface area (Å²) in [7, 11) is 2.56. The van der Waals surface area contributed by atoms with Gasteiger partial charge in [-0.1, -0.05) is 96.2 Å². The number of halogens is 1. The van der Waals surface area contributed by atoms with E-state index < -0.39 is 11.6 Å². The fraction of sp³-hybridized carbons (Fsp3) is 0.365. The van der Waals surface area contributed by atoms with Crippen LogP contribution in [0.2, 0.25) is 0 Å². The lowest BCUT2D eigenvalue weighted by molar-refractivity contribution is -0.134. The van der Waals surface area contributed by atoms with E-state index in [1.54, 1.807) is 4.90 Å². The van der Waals surface area contributed by atoms with Crippen molar-refractivity contribution >= 4 is 117 Å². The smallest absolute Gasteiger partial charge is 0.410 e. The molecule has 1 amide bonds. The van der Waals surface area contributed by atoms with Crippen LogP contribution in [0.3, 0.4) is 0 Å². The monoisotopic (exact) mass is 1140 g/mol. The van der Waals surface area contributed by atoms with E-state index in [1.807, 2.05) is 125 Å². The van der Waals surface area contributed by atoms with Gasteiger partial charge in [-0.2, -0.15) is 4.99 Å². The highest BCUT2D eigenvalue weighted by atomic mass is 79.9. The first-order chi connectivity index (χ1) is 34.7. The minimum absolute atomic E-state index is 0.104. The van der Waals surface area contributed by atoms with Crippen LogP contribution in [0.15, 0.2) is 102 Å². The number of nitrogens with one attached hydrogen (secondary N) is 3. The quantitative estimate of drug-likeness (QED) is 0.00809. The number of alkyl halides is 1. The van der Waals surface area contributed by atoms with E-state index >= 15 is 0 Å². The van der Waals surface area contributed by atoms with Gasteiger partial charge in [0, 0.05) is 48.0 Å². The number of nitrogen functional groups attached to an aromatic ring is 1. The molecule has 73 heavy (non-hydrogen) atoms. The van der Waals surface area contributed by atoms with Gasteiger partial charge in [0.05, 0.1) is 11.9 Å². The van der Waals surface area contributed by atoms with E-state index in [9.17, 15) is 14.4 Å². The Labute approximate surface area is 454 Å². The van der Waals surface area contributed by atoms with Gasteiger partial charge >= 0.3 is 6.09 Å². The number of nitrogens with two attached hydrogens (primary N) is 2. The van der Waals surface area contributed by atoms with Crippen LogP contribution in [0.1, 0.15) is 92.1 Å². The van der Waals surface area contributed by atoms with Gasteiger partial charge in [0.15, 0.2) is 21.2 Å². The lowest BCUT2D eigenvalue weighted by atomic mass is 10.1. The first kappa shape index (κ1) is 63.5. The maximum atomic E-state index is 12.8. The van der Waals surface area contributed by atoms with E-state index in [-0.39, 0.29) is 23.5 Å². The molecule has 5 rings (SSSR count). The maximum absolute atomic E-state index is 12.8. The van der Waals surface area contributed by atoms with E-state index in [4.69, 9.17) is 47.8 Å². The summed E-state index contributed by atoms with van der Waals surface area (Å²) in [6.45, 7) is 18.4. The number of anilines is 4. The zero-order valence-corrected chi connectivity index (χ0v) is 48.0. The molecule has 0 aliphatic carbocycles. The molecule has 0 fully saturated rings. The number of aromatic nitrogens is 1. The average molecular weight is 1140 g/mol. The van der Waals surface area contributed by atoms with Crippen molar-refractivity contribution < 1.29 is 38.5 Å². The first-order valence-corrected chi connectivity index (χ1v) is 27.6. The van der Waals surface area contributed by atoms with Crippen LogP contribution in [0.4, 0.5) is 27.1 Å². The molecule has 396 valence electrons. The Hall–Kier alpha value is -5.63. The van der Waals surface area contributed by atoms with Gasteiger partial charge in [-0.25, -0.2) is 9.78 Å². The average Bonchev–Trinajstić information content (AvgIpc) is 3.73. The number of aryl methyl sites for hydroxylation is 2. The highest BCUT2D eigenvalue weighted by molar-refractivity contribution is 9.09. The second-order valence-electron chi connectivity index (χ2n) is 16.2. The molecule has 1 unspecified atom stereocenters. The number of amides is 1. The summed E-state index contributed by atoms with van der Waals surface area (Å²) < 4.78 is 16.8. The Morgan fingerprint density at radius 3 is 1.95 bits per heavy atom. The standard InChI is InChI=1S/C22H26N4O2S.C18H29N4O3PS2.C10H11BrO.C2H4O2/c1-3-15-6-5-7-16(14-15)19(27)20-21(23)26-22(29-20)25-17-8-10-18(11-9-17)28-13-12-24-4-2;1-5-22(17(23)25-18(2,3)4)10-11-24-14-8-6-13(7-9-14)20-16(27)21-15(19)28-12-26;1-2-8-4-3-5-9(6-8)10(12)7-11;1-2(3)4/h5-11,14,24H,3-4,12-13,23H2,1-2H3,(H,25,26);6-9H,5,10-12,26H2,1-4H3,(H3,19,20,21,27);3-6H,2,7H2,1H3;1H3,(H,3,4). The molecule has 0 saturated heterocycles. The lowest BCUT2D eigenvalue weighted by Gasteiger charge is -2.26. The summed E-state index contributed by atoms with van der Waals surface area (Å²) in [4.78, 5) is 55.6. The zero-order valence-electron chi connectivity index (χ0n) is 42.8. The molecule has 1 atom stereocenters. The molecule has 1 aromatic heterocycles. The first-order valence-electron chi connectivity index (χ1n) is 23.4. The Balaban J connectivity index is 0.000000387. The van der Waals surface area contributed by atoms with Gasteiger partial charge in [-0.3, -0.25) is 14.4 Å². The predicted molar refractivity (Wildman–Crippen MR) is 312 cm³/mol. The van der Waals surface area contributed by atoms with Gasteiger partial charge in [0.2, 0.25) is 5.78 Å². The highest BCUT2D eigenvalue weighted by Gasteiger charge is 2.21. The summed E-state index contributed by atoms with van der Waals surface area (Å²) in [5.41, 5.74) is 17.4. The number of carboxylic acids is 1. The van der Waals surface area contributed by atoms with Crippen molar-refractivity contribution in [3.8, 4) is 11.5 Å². The van der Waals surface area contributed by atoms with Crippen molar-refractivity contribution in [2.24, 2.45) is 10.7 Å². The summed E-state index contributed by atoms with van der Waals surface area (Å²) in [6.07, 6.45) is 1.51. The van der Waals surface area contributed by atoms with Gasteiger partial charge in [0.1, 0.15) is 41.0 Å². The number of nitrogens with zero attached hydrogens (tertiary/aromatic N) is 3. The molecule has 0 radical (unpaired) electrons. The number of thioether (sulfide) groups is 1. The highest BCUT2D eigenvalue weighted by Crippen LogP contribution is 2.30. The molecule has 5 aromatic rings. The normalized spacial score (nSPS) is 10.7. The number of aliphatic carboxylic acids is 1. The van der Waals surface area contributed by atoms with Crippen LogP contribution in [0.25, 0.3) is 0 Å². The molecule has 21 heteroatoms. The largest absolute Gasteiger partial charge is 0.492 e. The Morgan fingerprint density at radius 2 is 1.42 bits per heavy atom. The maximum Gasteiger partial charge on any atom is 0.410 e. The molecular formula is C52H70BrN8O8PS3. The fourth-order valence-corrected chi connectivity index (χ4v) is 8.12. The van der Waals surface area contributed by atoms with Crippen LogP contribution < -0.4 is 36.9 Å². The minimum Gasteiger partial charge on any atom is -0.492 e. The van der Waals surface area contributed by atoms with Crippen molar-refractivity contribution in [3.63, 3.8) is 0 Å². The number of carboxylic acid groups (broad SMARTS) is 1. The predicted octanol–water partition coefficient (Wildman–Crippen LogP) is 11.1. The topological polar surface area (TPSA) is 233 Å². The number of thiocarbonyl (C=S) groups is 1. The molecular weight excluding hydrogens is 1070 g/mol. The van der Waals surface area contributed by atoms with Gasteiger partial charge < -0.3 is 51.6 Å². The number of rotatable bonds is 20. The molecule has 4 aromatic carbocycles. The van der Waals surface area contributed by atoms with E-state index in [1.165, 1.54) is 28.7 Å². The molecule has 0 bridgehead atoms. The van der Waals surface area contributed by atoms with Gasteiger partial charge in [-0.05, 0) is 131 Å². The van der Waals surface area contributed by atoms with Crippen molar-refractivity contribution in [3.05, 3.63) is 124 Å². The van der Waals surface area contributed by atoms with E-state index in [0.717, 1.165) is 66.6 Å². The Kier molecular flexibility index (Phi) is 30.2. The van der Waals surface area contributed by atoms with Crippen LogP contribution >= 0.6 is 60.5 Å². The van der Waals surface area contributed by atoms with E-state index in [0.29, 0.717) is 63.2 Å². The SMILES string of the molecule is CC(=O)O.CCN(CCOc1ccc(NC(=S)N=C(N)SCP)cc1)C(=O)OC(C)(C)C.CCNCCOc1ccc(Nc2nc(N)c(C(=O)c3cccc(CC)c3)s2)cc1.CCc1cccc(C(=O)CBr)c1. The summed E-state index contributed by atoms with van der Waals surface area (Å²) in [6, 6.07) is 30.3. The van der Waals surface area contributed by atoms with E-state index in [2.05, 4.69) is 71.9 Å². The van der Waals surface area contributed by atoms with Crippen molar-refractivity contribution in [2.75, 3.05) is 66.6 Å². The summed E-state index contributed by atoms with van der Waals surface area (Å²) in [5, 5.41) is 18.5. The summed E-state index contributed by atoms with van der Waals surface area (Å²) in [5.74, 6) is 0.947. The van der Waals surface area contributed by atoms with Crippen LogP contribution in [0.5, 0.6) is 11.5 Å². The molecule has 0 spiro atoms. The molecule has 0 aliphatic heterocycles. The minimum atomic E-state index is -0.833. The molecule has 0 saturated carbocycles. The number of benzene rings is 4. The Morgan fingerprint density at radius 1 is 0.877 bits per heavy atom.